The highest BCUT2D eigenvalue weighted by molar-refractivity contribution is 8.13. The molecule has 3 atom stereocenters. The smallest absolute Gasteiger partial charge is 0.413 e. The number of carbonyl (C=O) groups excluding carboxylic acids is 1. The fourth-order valence-corrected chi connectivity index (χ4v) is 4.89. The molecule has 1 saturated heterocycles. The number of ether oxygens (including phenoxy) is 2. The van der Waals surface area contributed by atoms with E-state index in [-0.39, 0.29) is 24.3 Å². The molecule has 3 rings (SSSR count). The van der Waals surface area contributed by atoms with Gasteiger partial charge in [-0.1, -0.05) is 18.7 Å². The average Bonchev–Trinajstić information content (AvgIpc) is 2.55. The predicted octanol–water partition coefficient (Wildman–Crippen LogP) is 3.51. The Bertz CT molecular complexity index is 765. The summed E-state index contributed by atoms with van der Waals surface area (Å²) >= 11 is 1.44. The lowest BCUT2D eigenvalue weighted by atomic mass is 9.72. The Morgan fingerprint density at radius 3 is 2.93 bits per heavy atom. The molecule has 0 bridgehead atoms. The number of nitrogens with one attached hydrogen (secondary N) is 1. The van der Waals surface area contributed by atoms with E-state index >= 15 is 0 Å². The maximum absolute atomic E-state index is 14.8. The predicted molar refractivity (Wildman–Crippen MR) is 105 cm³/mol. The van der Waals surface area contributed by atoms with Crippen molar-refractivity contribution in [2.75, 3.05) is 24.7 Å². The Morgan fingerprint density at radius 1 is 1.48 bits per heavy atom. The van der Waals surface area contributed by atoms with E-state index in [4.69, 9.17) is 20.2 Å². The molecule has 27 heavy (non-hydrogen) atoms. The first kappa shape index (κ1) is 19.9. The number of amides is 1. The van der Waals surface area contributed by atoms with Crippen molar-refractivity contribution in [1.82, 2.24) is 5.32 Å². The molecule has 0 saturated carbocycles. The number of hydrogen-bond acceptors (Lipinski definition) is 6. The Morgan fingerprint density at radius 2 is 2.22 bits per heavy atom. The minimum absolute atomic E-state index is 0.0664. The molecule has 1 amide bonds. The second-order valence-electron chi connectivity index (χ2n) is 8.12. The summed E-state index contributed by atoms with van der Waals surface area (Å²) < 4.78 is 25.8. The molecule has 0 spiro atoms. The SMILES string of the molecule is CC1COCC2(c3cc(N)ccc3F)N=C(NC(=O)OC(C)(C)C)SCC12. The van der Waals surface area contributed by atoms with E-state index in [0.29, 0.717) is 28.8 Å². The number of rotatable bonds is 1. The highest BCUT2D eigenvalue weighted by atomic mass is 32.2. The number of nitrogen functional groups attached to an aromatic ring is 1. The van der Waals surface area contributed by atoms with Gasteiger partial charge >= 0.3 is 6.09 Å². The monoisotopic (exact) mass is 395 g/mol. The molecule has 3 N–H and O–H groups in total. The number of carbonyl (C=O) groups is 1. The van der Waals surface area contributed by atoms with E-state index in [0.717, 1.165) is 0 Å². The van der Waals surface area contributed by atoms with Crippen LogP contribution >= 0.6 is 11.8 Å². The summed E-state index contributed by atoms with van der Waals surface area (Å²) in [7, 11) is 0. The second kappa shape index (κ2) is 7.31. The van der Waals surface area contributed by atoms with E-state index < -0.39 is 17.2 Å². The number of anilines is 1. The first-order valence-corrected chi connectivity index (χ1v) is 9.95. The molecule has 1 aromatic rings. The summed E-state index contributed by atoms with van der Waals surface area (Å²) in [5.74, 6) is 0.572. The number of hydrogen-bond donors (Lipinski definition) is 2. The van der Waals surface area contributed by atoms with Crippen LogP contribution < -0.4 is 11.1 Å². The highest BCUT2D eigenvalue weighted by Gasteiger charge is 2.50. The van der Waals surface area contributed by atoms with Gasteiger partial charge in [-0.2, -0.15) is 0 Å². The number of benzene rings is 1. The number of fused-ring (bicyclic) bond motifs is 1. The molecule has 0 aliphatic carbocycles. The summed E-state index contributed by atoms with van der Waals surface area (Å²) in [5.41, 5.74) is 5.25. The van der Waals surface area contributed by atoms with E-state index in [1.54, 1.807) is 26.8 Å². The van der Waals surface area contributed by atoms with Gasteiger partial charge < -0.3 is 15.2 Å². The molecule has 2 aliphatic rings. The summed E-state index contributed by atoms with van der Waals surface area (Å²) in [5, 5.41) is 3.10. The number of nitrogens with two attached hydrogens (primary N) is 1. The van der Waals surface area contributed by atoms with Crippen LogP contribution in [0.3, 0.4) is 0 Å². The van der Waals surface area contributed by atoms with Crippen molar-refractivity contribution in [3.05, 3.63) is 29.6 Å². The molecular formula is C19H26FN3O3S. The molecule has 0 aromatic heterocycles. The van der Waals surface area contributed by atoms with Crippen LogP contribution in [0.4, 0.5) is 14.9 Å². The van der Waals surface area contributed by atoms with Crippen molar-refractivity contribution in [2.45, 2.75) is 38.8 Å². The molecule has 1 fully saturated rings. The zero-order valence-electron chi connectivity index (χ0n) is 16.0. The van der Waals surface area contributed by atoms with Crippen LogP contribution in [0.15, 0.2) is 23.2 Å². The third kappa shape index (κ3) is 4.21. The molecule has 2 heterocycles. The van der Waals surface area contributed by atoms with Crippen LogP contribution in [0.2, 0.25) is 0 Å². The Kier molecular flexibility index (Phi) is 5.40. The molecular weight excluding hydrogens is 369 g/mol. The quantitative estimate of drug-likeness (QED) is 0.711. The van der Waals surface area contributed by atoms with Crippen LogP contribution in [0.5, 0.6) is 0 Å². The minimum atomic E-state index is -0.924. The van der Waals surface area contributed by atoms with E-state index in [9.17, 15) is 9.18 Å². The third-order valence-electron chi connectivity index (χ3n) is 4.77. The molecule has 148 valence electrons. The van der Waals surface area contributed by atoms with Crippen molar-refractivity contribution < 1.29 is 18.7 Å². The van der Waals surface area contributed by atoms with Crippen LogP contribution in [0.1, 0.15) is 33.3 Å². The maximum atomic E-state index is 14.8. The first-order chi connectivity index (χ1) is 12.6. The van der Waals surface area contributed by atoms with Crippen molar-refractivity contribution in [2.24, 2.45) is 16.8 Å². The number of thioether (sulfide) groups is 1. The number of alkyl carbamates (subject to hydrolysis) is 1. The molecule has 8 heteroatoms. The number of nitrogens with zero attached hydrogens (tertiary/aromatic N) is 1. The van der Waals surface area contributed by atoms with Crippen LogP contribution in [0, 0.1) is 17.7 Å². The van der Waals surface area contributed by atoms with Gasteiger partial charge in [0.05, 0.1) is 6.61 Å². The van der Waals surface area contributed by atoms with Crippen molar-refractivity contribution in [1.29, 1.82) is 0 Å². The van der Waals surface area contributed by atoms with E-state index in [1.807, 2.05) is 0 Å². The van der Waals surface area contributed by atoms with Gasteiger partial charge in [-0.25, -0.2) is 14.2 Å². The zero-order valence-corrected chi connectivity index (χ0v) is 16.9. The van der Waals surface area contributed by atoms with Gasteiger partial charge in [0.25, 0.3) is 0 Å². The Hall–Kier alpha value is -1.80. The lowest BCUT2D eigenvalue weighted by molar-refractivity contribution is -0.0341. The normalized spacial score (nSPS) is 28.1. The van der Waals surface area contributed by atoms with Crippen molar-refractivity contribution >= 4 is 28.7 Å². The molecule has 0 radical (unpaired) electrons. The first-order valence-electron chi connectivity index (χ1n) is 8.96. The van der Waals surface area contributed by atoms with Crippen LogP contribution in [-0.2, 0) is 15.0 Å². The van der Waals surface area contributed by atoms with Gasteiger partial charge in [-0.05, 0) is 44.9 Å². The Balaban J connectivity index is 1.99. The molecule has 3 unspecified atom stereocenters. The van der Waals surface area contributed by atoms with Crippen LogP contribution in [-0.4, -0.2) is 35.8 Å². The van der Waals surface area contributed by atoms with E-state index in [1.165, 1.54) is 23.9 Å². The Labute approximate surface area is 163 Å². The molecule has 1 aromatic carbocycles. The average molecular weight is 396 g/mol. The number of aliphatic imine (C=N–C) groups is 1. The summed E-state index contributed by atoms with van der Waals surface area (Å²) in [6.07, 6.45) is -0.583. The fraction of sp³-hybridized carbons (Fsp3) is 0.579. The topological polar surface area (TPSA) is 85.9 Å². The summed E-state index contributed by atoms with van der Waals surface area (Å²) in [6.45, 7) is 8.28. The zero-order chi connectivity index (χ0) is 19.8. The standard InChI is InChI=1S/C19H26FN3O3S/c1-11-8-25-10-19(13-7-12(21)5-6-15(13)20)14(11)9-27-16(23-19)22-17(24)26-18(2,3)4/h5-7,11,14H,8-10,21H2,1-4H3,(H,22,23,24). The van der Waals surface area contributed by atoms with Crippen LogP contribution in [0.25, 0.3) is 0 Å². The maximum Gasteiger partial charge on any atom is 0.413 e. The summed E-state index contributed by atoms with van der Waals surface area (Å²) in [6, 6.07) is 4.50. The van der Waals surface area contributed by atoms with Gasteiger partial charge in [-0.3, -0.25) is 5.32 Å². The number of amidine groups is 1. The van der Waals surface area contributed by atoms with Gasteiger partial charge in [0.2, 0.25) is 0 Å². The second-order valence-corrected chi connectivity index (χ2v) is 9.13. The van der Waals surface area contributed by atoms with Gasteiger partial charge in [0.15, 0.2) is 5.17 Å². The highest BCUT2D eigenvalue weighted by Crippen LogP contribution is 2.47. The largest absolute Gasteiger partial charge is 0.444 e. The minimum Gasteiger partial charge on any atom is -0.444 e. The summed E-state index contributed by atoms with van der Waals surface area (Å²) in [4.78, 5) is 16.9. The van der Waals surface area contributed by atoms with Gasteiger partial charge in [0, 0.05) is 29.5 Å². The van der Waals surface area contributed by atoms with Crippen molar-refractivity contribution in [3.8, 4) is 0 Å². The van der Waals surface area contributed by atoms with Gasteiger partial charge in [-0.15, -0.1) is 0 Å². The van der Waals surface area contributed by atoms with E-state index in [2.05, 4.69) is 12.2 Å². The lowest BCUT2D eigenvalue weighted by Crippen LogP contribution is -2.52. The van der Waals surface area contributed by atoms with Gasteiger partial charge in [0.1, 0.15) is 17.0 Å². The molecule has 6 nitrogen and oxygen atoms in total. The van der Waals surface area contributed by atoms with Crippen molar-refractivity contribution in [3.63, 3.8) is 0 Å². The third-order valence-corrected chi connectivity index (χ3v) is 5.76. The number of halogens is 1. The lowest BCUT2D eigenvalue weighted by Gasteiger charge is -2.47. The fourth-order valence-electron chi connectivity index (χ4n) is 3.56. The molecule has 2 aliphatic heterocycles.